The lowest BCUT2D eigenvalue weighted by molar-refractivity contribution is -0.159. The quantitative estimate of drug-likeness (QED) is 0.784. The number of morpholine rings is 1. The van der Waals surface area contributed by atoms with Crippen molar-refractivity contribution in [2.75, 3.05) is 26.7 Å². The van der Waals surface area contributed by atoms with Crippen LogP contribution in [-0.2, 0) is 22.4 Å². The molecule has 0 bridgehead atoms. The van der Waals surface area contributed by atoms with Gasteiger partial charge in [0, 0.05) is 25.7 Å². The molecule has 2 saturated heterocycles. The number of carbonyl (C=O) groups excluding carboxylic acids is 2. The number of benzene rings is 1. The predicted molar refractivity (Wildman–Crippen MR) is 85.3 cm³/mol. The Bertz CT molecular complexity index is 658. The number of likely N-dealkylation sites (N-methyl/N-ethyl adjacent to an activating group) is 1. The second-order valence-corrected chi connectivity index (χ2v) is 6.80. The Morgan fingerprint density at radius 2 is 2.09 bits per heavy atom. The summed E-state index contributed by atoms with van der Waals surface area (Å²) in [7, 11) is 1.81. The zero-order valence-corrected chi connectivity index (χ0v) is 13.5. The smallest absolute Gasteiger partial charge is 0.253 e. The number of fused-ring (bicyclic) bond motifs is 2. The van der Waals surface area contributed by atoms with Crippen molar-refractivity contribution in [3.63, 3.8) is 0 Å². The third-order valence-corrected chi connectivity index (χ3v) is 5.46. The van der Waals surface area contributed by atoms with Crippen LogP contribution in [0, 0.1) is 0 Å². The van der Waals surface area contributed by atoms with E-state index in [1.807, 2.05) is 18.0 Å². The second kappa shape index (κ2) is 5.64. The van der Waals surface area contributed by atoms with E-state index >= 15 is 0 Å². The Labute approximate surface area is 136 Å². The van der Waals surface area contributed by atoms with Crippen LogP contribution in [0.3, 0.4) is 0 Å². The number of nitrogens with zero attached hydrogens (tertiary/aromatic N) is 2. The third kappa shape index (κ3) is 2.53. The number of ether oxygens (including phenoxy) is 1. The van der Waals surface area contributed by atoms with Crippen molar-refractivity contribution in [3.05, 3.63) is 34.9 Å². The summed E-state index contributed by atoms with van der Waals surface area (Å²) >= 11 is 0. The topological polar surface area (TPSA) is 49.9 Å². The highest BCUT2D eigenvalue weighted by Crippen LogP contribution is 2.26. The van der Waals surface area contributed by atoms with Crippen molar-refractivity contribution in [1.82, 2.24) is 9.80 Å². The first-order valence-electron chi connectivity index (χ1n) is 8.42. The van der Waals surface area contributed by atoms with E-state index in [1.54, 1.807) is 4.90 Å². The first-order chi connectivity index (χ1) is 11.1. The Hall–Kier alpha value is -1.88. The number of aryl methyl sites for hydroxylation is 2. The molecule has 2 amide bonds. The molecule has 122 valence electrons. The summed E-state index contributed by atoms with van der Waals surface area (Å²) < 4.78 is 5.63. The van der Waals surface area contributed by atoms with Gasteiger partial charge in [-0.25, -0.2) is 0 Å². The first kappa shape index (κ1) is 14.7. The van der Waals surface area contributed by atoms with Crippen LogP contribution in [0.4, 0.5) is 0 Å². The molecule has 0 radical (unpaired) electrons. The molecule has 2 aliphatic heterocycles. The highest BCUT2D eigenvalue weighted by molar-refractivity contribution is 5.94. The fraction of sp³-hybridized carbons (Fsp3) is 0.556. The van der Waals surface area contributed by atoms with E-state index in [0.717, 1.165) is 24.8 Å². The SMILES string of the molecule is CN1C(=O)CO[C@H]2CCN(C(=O)c3ccc4c(c3)CCC4)C[C@@H]21. The van der Waals surface area contributed by atoms with Crippen molar-refractivity contribution >= 4 is 11.8 Å². The van der Waals surface area contributed by atoms with Crippen LogP contribution < -0.4 is 0 Å². The number of amides is 2. The van der Waals surface area contributed by atoms with Crippen molar-refractivity contribution in [3.8, 4) is 0 Å². The van der Waals surface area contributed by atoms with E-state index in [0.29, 0.717) is 13.1 Å². The van der Waals surface area contributed by atoms with Gasteiger partial charge in [0.1, 0.15) is 6.61 Å². The number of piperidine rings is 1. The lowest BCUT2D eigenvalue weighted by Gasteiger charge is -2.45. The molecule has 1 aromatic rings. The lowest BCUT2D eigenvalue weighted by atomic mass is 9.97. The van der Waals surface area contributed by atoms with Crippen molar-refractivity contribution in [2.45, 2.75) is 37.8 Å². The Morgan fingerprint density at radius 1 is 1.26 bits per heavy atom. The molecule has 2 fully saturated rings. The lowest BCUT2D eigenvalue weighted by Crippen LogP contribution is -2.61. The molecular formula is C18H22N2O3. The fourth-order valence-electron chi connectivity index (χ4n) is 4.01. The number of rotatable bonds is 1. The summed E-state index contributed by atoms with van der Waals surface area (Å²) in [6, 6.07) is 6.08. The van der Waals surface area contributed by atoms with Gasteiger partial charge in [-0.1, -0.05) is 6.07 Å². The zero-order chi connectivity index (χ0) is 16.0. The van der Waals surface area contributed by atoms with Gasteiger partial charge in [0.25, 0.3) is 5.91 Å². The molecule has 4 rings (SSSR count). The van der Waals surface area contributed by atoms with Crippen LogP contribution in [0.15, 0.2) is 18.2 Å². The van der Waals surface area contributed by atoms with Crippen molar-refractivity contribution in [1.29, 1.82) is 0 Å². The van der Waals surface area contributed by atoms with Crippen LogP contribution in [-0.4, -0.2) is 60.5 Å². The standard InChI is InChI=1S/C18H22N2O3/c1-19-15-10-20(8-7-16(15)23-11-17(19)21)18(22)14-6-5-12-3-2-4-13(12)9-14/h5-6,9,15-16H,2-4,7-8,10-11H2,1H3/t15-,16-/m0/s1. The molecule has 2 atom stereocenters. The van der Waals surface area contributed by atoms with E-state index in [1.165, 1.54) is 17.5 Å². The number of carbonyl (C=O) groups is 2. The summed E-state index contributed by atoms with van der Waals surface area (Å²) in [5.74, 6) is 0.0719. The summed E-state index contributed by atoms with van der Waals surface area (Å²) in [6.07, 6.45) is 4.24. The average Bonchev–Trinajstić information content (AvgIpc) is 3.05. The number of hydrogen-bond donors (Lipinski definition) is 0. The molecule has 5 nitrogen and oxygen atoms in total. The van der Waals surface area contributed by atoms with Crippen molar-refractivity contribution in [2.24, 2.45) is 0 Å². The van der Waals surface area contributed by atoms with Gasteiger partial charge >= 0.3 is 0 Å². The molecule has 23 heavy (non-hydrogen) atoms. The van der Waals surface area contributed by atoms with Gasteiger partial charge in [-0.15, -0.1) is 0 Å². The maximum absolute atomic E-state index is 12.8. The minimum atomic E-state index is -0.0247. The van der Waals surface area contributed by atoms with Crippen LogP contribution in [0.5, 0.6) is 0 Å². The molecule has 1 aromatic carbocycles. The van der Waals surface area contributed by atoms with Gasteiger partial charge in [-0.05, 0) is 48.9 Å². The summed E-state index contributed by atoms with van der Waals surface area (Å²) in [5.41, 5.74) is 3.47. The van der Waals surface area contributed by atoms with Gasteiger partial charge in [0.2, 0.25) is 5.91 Å². The largest absolute Gasteiger partial charge is 0.366 e. The van der Waals surface area contributed by atoms with Gasteiger partial charge in [0.15, 0.2) is 0 Å². The predicted octanol–water partition coefficient (Wildman–Crippen LogP) is 1.25. The Kier molecular flexibility index (Phi) is 3.60. The van der Waals surface area contributed by atoms with Crippen LogP contribution in [0.2, 0.25) is 0 Å². The van der Waals surface area contributed by atoms with E-state index in [-0.39, 0.29) is 30.6 Å². The molecule has 2 heterocycles. The minimum absolute atomic E-state index is 0.00178. The molecule has 1 aliphatic carbocycles. The molecule has 0 unspecified atom stereocenters. The molecular weight excluding hydrogens is 292 g/mol. The van der Waals surface area contributed by atoms with E-state index in [9.17, 15) is 9.59 Å². The third-order valence-electron chi connectivity index (χ3n) is 5.46. The van der Waals surface area contributed by atoms with Crippen LogP contribution in [0.1, 0.15) is 34.3 Å². The summed E-state index contributed by atoms with van der Waals surface area (Å²) in [6.45, 7) is 1.42. The molecule has 0 spiro atoms. The first-order valence-corrected chi connectivity index (χ1v) is 8.42. The van der Waals surface area contributed by atoms with E-state index < -0.39 is 0 Å². The van der Waals surface area contributed by atoms with Crippen LogP contribution >= 0.6 is 0 Å². The fourth-order valence-corrected chi connectivity index (χ4v) is 4.01. The Balaban J connectivity index is 1.52. The van der Waals surface area contributed by atoms with Gasteiger partial charge < -0.3 is 14.5 Å². The normalized spacial score (nSPS) is 26.9. The number of likely N-dealkylation sites (tertiary alicyclic amines) is 1. The summed E-state index contributed by atoms with van der Waals surface area (Å²) in [4.78, 5) is 28.3. The highest BCUT2D eigenvalue weighted by Gasteiger charge is 2.40. The van der Waals surface area contributed by atoms with Gasteiger partial charge in [0.05, 0.1) is 12.1 Å². The number of hydrogen-bond acceptors (Lipinski definition) is 3. The summed E-state index contributed by atoms with van der Waals surface area (Å²) in [5, 5.41) is 0. The molecule has 5 heteroatoms. The molecule has 0 saturated carbocycles. The second-order valence-electron chi connectivity index (χ2n) is 6.80. The minimum Gasteiger partial charge on any atom is -0.366 e. The molecule has 3 aliphatic rings. The maximum atomic E-state index is 12.8. The maximum Gasteiger partial charge on any atom is 0.253 e. The molecule has 0 N–H and O–H groups in total. The zero-order valence-electron chi connectivity index (χ0n) is 13.5. The van der Waals surface area contributed by atoms with Gasteiger partial charge in [-0.3, -0.25) is 9.59 Å². The van der Waals surface area contributed by atoms with Crippen LogP contribution in [0.25, 0.3) is 0 Å². The van der Waals surface area contributed by atoms with Gasteiger partial charge in [-0.2, -0.15) is 0 Å². The average molecular weight is 314 g/mol. The monoisotopic (exact) mass is 314 g/mol. The van der Waals surface area contributed by atoms with Crippen molar-refractivity contribution < 1.29 is 14.3 Å². The highest BCUT2D eigenvalue weighted by atomic mass is 16.5. The van der Waals surface area contributed by atoms with E-state index in [4.69, 9.17) is 4.74 Å². The van der Waals surface area contributed by atoms with E-state index in [2.05, 4.69) is 12.1 Å². The molecule has 0 aromatic heterocycles. The Morgan fingerprint density at radius 3 is 2.96 bits per heavy atom.